The van der Waals surface area contributed by atoms with Crippen LogP contribution in [0, 0.1) is 0 Å². The number of nitrogens with zero attached hydrogens (tertiary/aromatic N) is 4. The SMILES string of the molecule is Nc1ncnn2c(C3=CC=C3)nc(-c3ccc4[nH]ccc4c3)c12. The lowest BCUT2D eigenvalue weighted by Crippen LogP contribution is -2.02. The van der Waals surface area contributed by atoms with E-state index in [0.717, 1.165) is 39.1 Å². The first-order chi connectivity index (χ1) is 11.3. The standard InChI is InChI=1S/C17H12N6/c18-16-15-14(12-4-5-13-11(8-12)6-7-19-13)22-17(10-2-1-3-10)23(15)21-9-20-16/h1-9,19H,(H2,18,20,21). The van der Waals surface area contributed by atoms with Crippen molar-refractivity contribution in [1.82, 2.24) is 24.6 Å². The van der Waals surface area contributed by atoms with E-state index in [1.54, 1.807) is 4.52 Å². The predicted octanol–water partition coefficient (Wildman–Crippen LogP) is 2.81. The van der Waals surface area contributed by atoms with Crippen LogP contribution in [-0.2, 0) is 0 Å². The lowest BCUT2D eigenvalue weighted by molar-refractivity contribution is 0.880. The number of aromatic amines is 1. The Morgan fingerprint density at radius 3 is 2.91 bits per heavy atom. The van der Waals surface area contributed by atoms with E-state index in [2.05, 4.69) is 21.1 Å². The molecule has 6 heteroatoms. The number of imidazole rings is 1. The average Bonchev–Trinajstić information content (AvgIpc) is 3.10. The molecule has 5 rings (SSSR count). The van der Waals surface area contributed by atoms with Crippen molar-refractivity contribution >= 4 is 27.8 Å². The molecule has 3 N–H and O–H groups in total. The van der Waals surface area contributed by atoms with E-state index in [0.29, 0.717) is 5.82 Å². The van der Waals surface area contributed by atoms with Crippen molar-refractivity contribution in [3.8, 4) is 11.3 Å². The second-order valence-corrected chi connectivity index (χ2v) is 5.45. The van der Waals surface area contributed by atoms with Crippen molar-refractivity contribution < 1.29 is 0 Å². The number of nitrogens with two attached hydrogens (primary N) is 1. The van der Waals surface area contributed by atoms with Gasteiger partial charge in [-0.05, 0) is 18.2 Å². The van der Waals surface area contributed by atoms with E-state index in [-0.39, 0.29) is 0 Å². The minimum Gasteiger partial charge on any atom is -0.382 e. The van der Waals surface area contributed by atoms with Crippen LogP contribution in [0.25, 0.3) is 33.3 Å². The van der Waals surface area contributed by atoms with Crippen molar-refractivity contribution in [1.29, 1.82) is 0 Å². The first-order valence-corrected chi connectivity index (χ1v) is 7.27. The van der Waals surface area contributed by atoms with Gasteiger partial charge in [-0.2, -0.15) is 5.10 Å². The Hall–Kier alpha value is -3.41. The molecule has 6 nitrogen and oxygen atoms in total. The van der Waals surface area contributed by atoms with Gasteiger partial charge in [-0.1, -0.05) is 24.3 Å². The van der Waals surface area contributed by atoms with Crippen molar-refractivity contribution in [3.63, 3.8) is 0 Å². The smallest absolute Gasteiger partial charge is 0.162 e. The first kappa shape index (κ1) is 12.2. The zero-order valence-electron chi connectivity index (χ0n) is 12.1. The molecule has 0 bridgehead atoms. The molecule has 0 saturated heterocycles. The zero-order valence-corrected chi connectivity index (χ0v) is 12.1. The van der Waals surface area contributed by atoms with Gasteiger partial charge in [-0.25, -0.2) is 14.5 Å². The van der Waals surface area contributed by atoms with Crippen LogP contribution in [0.5, 0.6) is 0 Å². The van der Waals surface area contributed by atoms with Crippen molar-refractivity contribution in [2.75, 3.05) is 5.73 Å². The van der Waals surface area contributed by atoms with Crippen LogP contribution in [0.4, 0.5) is 5.82 Å². The van der Waals surface area contributed by atoms with Crippen LogP contribution in [0.1, 0.15) is 5.82 Å². The fourth-order valence-electron chi connectivity index (χ4n) is 2.89. The van der Waals surface area contributed by atoms with E-state index in [1.807, 2.05) is 42.6 Å². The van der Waals surface area contributed by atoms with Gasteiger partial charge in [0, 0.05) is 28.2 Å². The summed E-state index contributed by atoms with van der Waals surface area (Å²) in [5.74, 6) is 1.20. The summed E-state index contributed by atoms with van der Waals surface area (Å²) in [5, 5.41) is 5.45. The third-order valence-electron chi connectivity index (χ3n) is 4.10. The third-order valence-corrected chi connectivity index (χ3v) is 4.10. The maximum atomic E-state index is 6.10. The number of rotatable bonds is 2. The Labute approximate surface area is 131 Å². The second-order valence-electron chi connectivity index (χ2n) is 5.45. The molecule has 0 aliphatic heterocycles. The zero-order chi connectivity index (χ0) is 15.4. The molecule has 1 aliphatic carbocycles. The van der Waals surface area contributed by atoms with Crippen molar-refractivity contribution in [2.24, 2.45) is 0 Å². The van der Waals surface area contributed by atoms with E-state index >= 15 is 0 Å². The molecule has 110 valence electrons. The number of allylic oxidation sites excluding steroid dienone is 4. The summed E-state index contributed by atoms with van der Waals surface area (Å²) in [6.07, 6.45) is 9.37. The summed E-state index contributed by atoms with van der Waals surface area (Å²) in [4.78, 5) is 12.1. The first-order valence-electron chi connectivity index (χ1n) is 7.27. The molecule has 1 aliphatic rings. The lowest BCUT2D eigenvalue weighted by Gasteiger charge is -2.04. The van der Waals surface area contributed by atoms with E-state index in [4.69, 9.17) is 10.7 Å². The highest BCUT2D eigenvalue weighted by atomic mass is 15.3. The molecule has 0 fully saturated rings. The maximum Gasteiger partial charge on any atom is 0.162 e. The molecule has 0 saturated carbocycles. The predicted molar refractivity (Wildman–Crippen MR) is 89.6 cm³/mol. The number of anilines is 1. The number of nitrogens with one attached hydrogen (secondary N) is 1. The van der Waals surface area contributed by atoms with Gasteiger partial charge in [0.1, 0.15) is 17.5 Å². The molecule has 4 aromatic rings. The van der Waals surface area contributed by atoms with Crippen LogP contribution in [0.2, 0.25) is 0 Å². The summed E-state index contributed by atoms with van der Waals surface area (Å²) in [6, 6.07) is 8.20. The Bertz CT molecular complexity index is 1130. The molecule has 3 aromatic heterocycles. The van der Waals surface area contributed by atoms with E-state index in [1.165, 1.54) is 6.33 Å². The average molecular weight is 300 g/mol. The van der Waals surface area contributed by atoms with Gasteiger partial charge >= 0.3 is 0 Å². The van der Waals surface area contributed by atoms with E-state index in [9.17, 15) is 0 Å². The largest absolute Gasteiger partial charge is 0.382 e. The number of nitrogen functional groups attached to an aromatic ring is 1. The van der Waals surface area contributed by atoms with Crippen molar-refractivity contribution in [2.45, 2.75) is 0 Å². The Kier molecular flexibility index (Phi) is 2.27. The quantitative estimate of drug-likeness (QED) is 0.596. The van der Waals surface area contributed by atoms with Gasteiger partial charge < -0.3 is 10.7 Å². The summed E-state index contributed by atoms with van der Waals surface area (Å²) in [7, 11) is 0. The normalized spacial score (nSPS) is 13.5. The topological polar surface area (TPSA) is 84.9 Å². The fraction of sp³-hybridized carbons (Fsp3) is 0. The molecular formula is C17H12N6. The fourth-order valence-corrected chi connectivity index (χ4v) is 2.89. The van der Waals surface area contributed by atoms with Crippen molar-refractivity contribution in [3.05, 3.63) is 60.8 Å². The number of H-pyrrole nitrogens is 1. The van der Waals surface area contributed by atoms with Crippen LogP contribution in [0.3, 0.4) is 0 Å². The molecule has 23 heavy (non-hydrogen) atoms. The van der Waals surface area contributed by atoms with Gasteiger partial charge in [0.25, 0.3) is 0 Å². The number of aromatic nitrogens is 5. The summed E-state index contributed by atoms with van der Waals surface area (Å²) < 4.78 is 1.76. The minimum atomic E-state index is 0.423. The monoisotopic (exact) mass is 300 g/mol. The maximum absolute atomic E-state index is 6.10. The summed E-state index contributed by atoms with van der Waals surface area (Å²) in [5.41, 5.74) is 10.7. The van der Waals surface area contributed by atoms with Crippen LogP contribution >= 0.6 is 0 Å². The molecule has 0 amide bonds. The molecule has 1 aromatic carbocycles. The van der Waals surface area contributed by atoms with Gasteiger partial charge in [-0.15, -0.1) is 0 Å². The number of hydrogen-bond acceptors (Lipinski definition) is 4. The highest BCUT2D eigenvalue weighted by molar-refractivity contribution is 5.92. The second kappa shape index (κ2) is 4.30. The van der Waals surface area contributed by atoms with E-state index < -0.39 is 0 Å². The van der Waals surface area contributed by atoms with Crippen LogP contribution in [-0.4, -0.2) is 24.6 Å². The Morgan fingerprint density at radius 2 is 2.09 bits per heavy atom. The highest BCUT2D eigenvalue weighted by Crippen LogP contribution is 2.32. The molecular weight excluding hydrogens is 288 g/mol. The summed E-state index contributed by atoms with van der Waals surface area (Å²) in [6.45, 7) is 0. The number of hydrogen-bond donors (Lipinski definition) is 2. The van der Waals surface area contributed by atoms with Gasteiger partial charge in [0.05, 0.1) is 0 Å². The summed E-state index contributed by atoms with van der Waals surface area (Å²) >= 11 is 0. The molecule has 0 radical (unpaired) electrons. The third kappa shape index (κ3) is 1.66. The molecule has 0 spiro atoms. The van der Waals surface area contributed by atoms with Crippen LogP contribution < -0.4 is 5.73 Å². The number of benzene rings is 1. The van der Waals surface area contributed by atoms with Gasteiger partial charge in [-0.3, -0.25) is 0 Å². The van der Waals surface area contributed by atoms with Crippen LogP contribution in [0.15, 0.2) is 55.0 Å². The Morgan fingerprint density at radius 1 is 1.17 bits per heavy atom. The highest BCUT2D eigenvalue weighted by Gasteiger charge is 2.19. The molecule has 0 unspecified atom stereocenters. The van der Waals surface area contributed by atoms with Gasteiger partial charge in [0.15, 0.2) is 11.6 Å². The minimum absolute atomic E-state index is 0.423. The number of fused-ring (bicyclic) bond motifs is 2. The van der Waals surface area contributed by atoms with Gasteiger partial charge in [0.2, 0.25) is 0 Å². The molecule has 3 heterocycles. The molecule has 0 atom stereocenters. The Balaban J connectivity index is 1.83. The lowest BCUT2D eigenvalue weighted by atomic mass is 10.1.